The standard InChI is InChI=1S/C26H37O4P.Na/c1-15(2)21-11-19-9-10-20-12-22(16(3)4)14-24(18(7)8)26(20)30-31(27,28)29-25(19)23(13-21)17(5)6;/h11-18H,9-10H2,1-8H3,(H,27,28);/q;+1/p-1. The summed E-state index contributed by atoms with van der Waals surface area (Å²) in [4.78, 5) is 13.1. The summed E-state index contributed by atoms with van der Waals surface area (Å²) in [5, 5.41) is 0. The summed E-state index contributed by atoms with van der Waals surface area (Å²) in [7, 11) is -4.61. The minimum atomic E-state index is -4.61. The summed E-state index contributed by atoms with van der Waals surface area (Å²) >= 11 is 0. The summed E-state index contributed by atoms with van der Waals surface area (Å²) in [6.45, 7) is 16.9. The van der Waals surface area contributed by atoms with Crippen LogP contribution < -0.4 is 43.5 Å². The molecule has 0 unspecified atom stereocenters. The van der Waals surface area contributed by atoms with Gasteiger partial charge in [0.25, 0.3) is 0 Å². The fraction of sp³-hybridized carbons (Fsp3) is 0.538. The number of phosphoric ester groups is 1. The van der Waals surface area contributed by atoms with Crippen LogP contribution in [0.3, 0.4) is 0 Å². The van der Waals surface area contributed by atoms with Crippen molar-refractivity contribution in [3.63, 3.8) is 0 Å². The number of fused-ring (bicyclic) bond motifs is 2. The Hall–Kier alpha value is -0.770. The minimum absolute atomic E-state index is 0. The molecule has 2 aromatic carbocycles. The van der Waals surface area contributed by atoms with Gasteiger partial charge in [0.2, 0.25) is 0 Å². The van der Waals surface area contributed by atoms with Crippen LogP contribution in [-0.2, 0) is 17.4 Å². The van der Waals surface area contributed by atoms with Crippen molar-refractivity contribution in [2.45, 2.75) is 91.9 Å². The first-order valence-corrected chi connectivity index (χ1v) is 12.9. The summed E-state index contributed by atoms with van der Waals surface area (Å²) in [6, 6.07) is 8.37. The average Bonchev–Trinajstić information content (AvgIpc) is 2.71. The average molecular weight is 467 g/mol. The Labute approximate surface area is 216 Å². The predicted octanol–water partition coefficient (Wildman–Crippen LogP) is 4.21. The van der Waals surface area contributed by atoms with E-state index in [1.54, 1.807) is 0 Å². The van der Waals surface area contributed by atoms with Crippen molar-refractivity contribution in [3.05, 3.63) is 57.6 Å². The van der Waals surface area contributed by atoms with E-state index in [1.165, 1.54) is 11.1 Å². The number of benzene rings is 2. The van der Waals surface area contributed by atoms with Crippen molar-refractivity contribution < 1.29 is 48.1 Å². The molecule has 0 spiro atoms. The Bertz CT molecular complexity index is 934. The molecule has 3 rings (SSSR count). The van der Waals surface area contributed by atoms with E-state index in [-0.39, 0.29) is 41.4 Å². The van der Waals surface area contributed by atoms with E-state index in [0.717, 1.165) is 22.3 Å². The van der Waals surface area contributed by atoms with Crippen LogP contribution in [0.15, 0.2) is 24.3 Å². The maximum atomic E-state index is 13.1. The summed E-state index contributed by atoms with van der Waals surface area (Å²) in [5.74, 6) is 1.85. The van der Waals surface area contributed by atoms with Gasteiger partial charge in [0.15, 0.2) is 0 Å². The van der Waals surface area contributed by atoms with Crippen LogP contribution in [0.2, 0.25) is 0 Å². The third kappa shape index (κ3) is 6.02. The third-order valence-electron chi connectivity index (χ3n) is 6.08. The van der Waals surface area contributed by atoms with E-state index >= 15 is 0 Å². The van der Waals surface area contributed by atoms with Crippen molar-refractivity contribution in [2.24, 2.45) is 0 Å². The molecule has 1 aliphatic rings. The molecular weight excluding hydrogens is 430 g/mol. The molecule has 2 aromatic rings. The molecule has 32 heavy (non-hydrogen) atoms. The Kier molecular flexibility index (Phi) is 9.15. The molecule has 0 N–H and O–H groups in total. The fourth-order valence-electron chi connectivity index (χ4n) is 4.11. The fourth-order valence-corrected chi connectivity index (χ4v) is 5.04. The monoisotopic (exact) mass is 466 g/mol. The quantitative estimate of drug-likeness (QED) is 0.500. The van der Waals surface area contributed by atoms with Crippen LogP contribution in [0.25, 0.3) is 0 Å². The molecular formula is C26H36NaO4P. The van der Waals surface area contributed by atoms with Crippen LogP contribution >= 0.6 is 7.82 Å². The van der Waals surface area contributed by atoms with Gasteiger partial charge >= 0.3 is 37.4 Å². The molecule has 0 saturated heterocycles. The van der Waals surface area contributed by atoms with Gasteiger partial charge in [-0.15, -0.1) is 0 Å². The summed E-state index contributed by atoms with van der Waals surface area (Å²) < 4.78 is 24.4. The van der Waals surface area contributed by atoms with Crippen molar-refractivity contribution in [3.8, 4) is 11.5 Å². The van der Waals surface area contributed by atoms with Gasteiger partial charge < -0.3 is 13.9 Å². The van der Waals surface area contributed by atoms with Gasteiger partial charge in [0, 0.05) is 0 Å². The molecule has 0 bridgehead atoms. The van der Waals surface area contributed by atoms with E-state index in [9.17, 15) is 9.46 Å². The van der Waals surface area contributed by atoms with E-state index in [4.69, 9.17) is 9.05 Å². The topological polar surface area (TPSA) is 58.6 Å². The Morgan fingerprint density at radius 1 is 0.688 bits per heavy atom. The zero-order chi connectivity index (χ0) is 23.1. The molecule has 1 aliphatic heterocycles. The first kappa shape index (κ1) is 27.5. The predicted molar refractivity (Wildman–Crippen MR) is 126 cm³/mol. The van der Waals surface area contributed by atoms with Gasteiger partial charge in [-0.1, -0.05) is 79.7 Å². The second-order valence-electron chi connectivity index (χ2n) is 9.95. The van der Waals surface area contributed by atoms with Crippen LogP contribution in [-0.4, -0.2) is 0 Å². The molecule has 0 amide bonds. The molecule has 4 nitrogen and oxygen atoms in total. The van der Waals surface area contributed by atoms with Crippen LogP contribution in [0.4, 0.5) is 0 Å². The minimum Gasteiger partial charge on any atom is -0.736 e. The largest absolute Gasteiger partial charge is 1.00 e. The van der Waals surface area contributed by atoms with E-state index in [0.29, 0.717) is 36.2 Å². The molecule has 1 heterocycles. The van der Waals surface area contributed by atoms with Crippen LogP contribution in [0.1, 0.15) is 112 Å². The first-order valence-electron chi connectivity index (χ1n) is 11.4. The first-order chi connectivity index (χ1) is 14.4. The van der Waals surface area contributed by atoms with Gasteiger partial charge in [-0.25, -0.2) is 4.57 Å². The van der Waals surface area contributed by atoms with Gasteiger partial charge in [-0.05, 0) is 69.9 Å². The smallest absolute Gasteiger partial charge is 0.736 e. The summed E-state index contributed by atoms with van der Waals surface area (Å²) in [6.07, 6.45) is 1.40. The second-order valence-corrected chi connectivity index (χ2v) is 11.2. The van der Waals surface area contributed by atoms with Crippen LogP contribution in [0.5, 0.6) is 11.5 Å². The molecule has 0 saturated carbocycles. The van der Waals surface area contributed by atoms with Crippen molar-refractivity contribution in [2.75, 3.05) is 0 Å². The van der Waals surface area contributed by atoms with Gasteiger partial charge in [0.05, 0.1) is 0 Å². The van der Waals surface area contributed by atoms with Gasteiger partial charge in [-0.2, -0.15) is 0 Å². The number of aryl methyl sites for hydroxylation is 2. The molecule has 170 valence electrons. The number of rotatable bonds is 4. The van der Waals surface area contributed by atoms with Gasteiger partial charge in [0.1, 0.15) is 11.5 Å². The number of hydrogen-bond acceptors (Lipinski definition) is 4. The second kappa shape index (κ2) is 10.7. The Morgan fingerprint density at radius 3 is 1.31 bits per heavy atom. The summed E-state index contributed by atoms with van der Waals surface area (Å²) in [5.41, 5.74) is 6.10. The molecule has 0 atom stereocenters. The van der Waals surface area contributed by atoms with Crippen molar-refractivity contribution in [1.29, 1.82) is 0 Å². The van der Waals surface area contributed by atoms with Gasteiger partial charge in [-0.3, -0.25) is 0 Å². The Balaban J connectivity index is 0.00000363. The maximum absolute atomic E-state index is 13.1. The molecule has 0 aromatic heterocycles. The number of hydrogen-bond donors (Lipinski definition) is 0. The Morgan fingerprint density at radius 2 is 1.03 bits per heavy atom. The SMILES string of the molecule is CC(C)c1cc2c(c(C(C)C)c1)OP(=O)([O-])Oc1c(cc(C(C)C)cc1C(C)C)CC2.[Na+]. The zero-order valence-corrected chi connectivity index (χ0v) is 24.0. The third-order valence-corrected chi connectivity index (χ3v) is 6.89. The molecule has 6 heteroatoms. The van der Waals surface area contributed by atoms with E-state index in [1.807, 2.05) is 0 Å². The zero-order valence-electron chi connectivity index (χ0n) is 21.1. The molecule has 0 radical (unpaired) electrons. The maximum Gasteiger partial charge on any atom is 1.00 e. The van der Waals surface area contributed by atoms with E-state index in [2.05, 4.69) is 79.7 Å². The van der Waals surface area contributed by atoms with Crippen LogP contribution in [0, 0.1) is 0 Å². The number of phosphoric acid groups is 1. The van der Waals surface area contributed by atoms with E-state index < -0.39 is 7.82 Å². The van der Waals surface area contributed by atoms with Crippen molar-refractivity contribution >= 4 is 7.82 Å². The molecule has 0 fully saturated rings. The molecule has 0 aliphatic carbocycles. The normalized spacial score (nSPS) is 15.3. The van der Waals surface area contributed by atoms with Crippen molar-refractivity contribution in [1.82, 2.24) is 0 Å².